The van der Waals surface area contributed by atoms with E-state index in [1.807, 2.05) is 0 Å². The molecule has 0 fully saturated rings. The molecule has 0 saturated heterocycles. The third-order valence-electron chi connectivity index (χ3n) is 3.75. The van der Waals surface area contributed by atoms with Crippen molar-refractivity contribution in [3.8, 4) is 0 Å². The Labute approximate surface area is 133 Å². The van der Waals surface area contributed by atoms with Crippen LogP contribution in [0.4, 0.5) is 0 Å². The minimum absolute atomic E-state index is 0.102. The zero-order valence-electron chi connectivity index (χ0n) is 12.2. The van der Waals surface area contributed by atoms with Crippen molar-refractivity contribution >= 4 is 21.8 Å². The molecule has 1 aliphatic carbocycles. The van der Waals surface area contributed by atoms with E-state index in [0.717, 1.165) is 28.9 Å². The van der Waals surface area contributed by atoms with Gasteiger partial charge in [-0.25, -0.2) is 13.4 Å². The fraction of sp³-hybridized carbons (Fsp3) is 0.333. The van der Waals surface area contributed by atoms with Gasteiger partial charge >= 0.3 is 0 Å². The molecule has 0 spiro atoms. The lowest BCUT2D eigenvalue weighted by molar-refractivity contribution is 0.568. The van der Waals surface area contributed by atoms with E-state index in [2.05, 4.69) is 4.98 Å². The standard InChI is InChI=1S/C15H16N2O3S2/c1-21-15-16-13-10-6-5-9-12(13)14(18)17(15)22(19,20)11-7-3-2-4-8-11/h2-4,7-8H,5-6,9-10H2,1H3. The molecule has 0 radical (unpaired) electrons. The van der Waals surface area contributed by atoms with Crippen molar-refractivity contribution in [3.05, 3.63) is 51.9 Å². The predicted octanol–water partition coefficient (Wildman–Crippen LogP) is 2.08. The van der Waals surface area contributed by atoms with Crippen LogP contribution in [0.1, 0.15) is 24.1 Å². The summed E-state index contributed by atoms with van der Waals surface area (Å²) in [5, 5.41) is 0.231. The number of rotatable bonds is 3. The molecule has 1 heterocycles. The fourth-order valence-electron chi connectivity index (χ4n) is 2.65. The molecule has 1 aliphatic rings. The van der Waals surface area contributed by atoms with Gasteiger partial charge in [0.1, 0.15) is 0 Å². The Morgan fingerprint density at radius 1 is 1.14 bits per heavy atom. The minimum atomic E-state index is -3.93. The lowest BCUT2D eigenvalue weighted by Crippen LogP contribution is -2.34. The highest BCUT2D eigenvalue weighted by Gasteiger charge is 2.27. The van der Waals surface area contributed by atoms with E-state index in [1.165, 1.54) is 23.9 Å². The molecule has 116 valence electrons. The first kappa shape index (κ1) is 15.3. The molecule has 0 unspecified atom stereocenters. The maximum absolute atomic E-state index is 12.8. The van der Waals surface area contributed by atoms with Crippen molar-refractivity contribution in [2.75, 3.05) is 6.26 Å². The van der Waals surface area contributed by atoms with Gasteiger partial charge in [0.05, 0.1) is 10.6 Å². The molecule has 0 saturated carbocycles. The Hall–Kier alpha value is -1.60. The molecular formula is C15H16N2O3S2. The summed E-state index contributed by atoms with van der Waals surface area (Å²) in [5.74, 6) is 0. The molecular weight excluding hydrogens is 320 g/mol. The molecule has 1 aromatic heterocycles. The van der Waals surface area contributed by atoms with Crippen molar-refractivity contribution in [2.24, 2.45) is 0 Å². The molecule has 5 nitrogen and oxygen atoms in total. The number of nitrogens with zero attached hydrogens (tertiary/aromatic N) is 2. The van der Waals surface area contributed by atoms with Crippen LogP contribution in [0.25, 0.3) is 0 Å². The molecule has 0 N–H and O–H groups in total. The molecule has 0 amide bonds. The Morgan fingerprint density at radius 2 is 1.82 bits per heavy atom. The van der Waals surface area contributed by atoms with E-state index >= 15 is 0 Å². The van der Waals surface area contributed by atoms with Crippen molar-refractivity contribution < 1.29 is 8.42 Å². The predicted molar refractivity (Wildman–Crippen MR) is 85.9 cm³/mol. The quantitative estimate of drug-likeness (QED) is 0.634. The lowest BCUT2D eigenvalue weighted by Gasteiger charge is -2.18. The summed E-state index contributed by atoms with van der Waals surface area (Å²) in [5.41, 5.74) is 0.849. The zero-order valence-corrected chi connectivity index (χ0v) is 13.8. The summed E-state index contributed by atoms with van der Waals surface area (Å²) >= 11 is 1.18. The second-order valence-corrected chi connectivity index (χ2v) is 7.68. The second-order valence-electron chi connectivity index (χ2n) is 5.12. The average molecular weight is 336 g/mol. The zero-order chi connectivity index (χ0) is 15.7. The van der Waals surface area contributed by atoms with E-state index in [-0.39, 0.29) is 10.1 Å². The van der Waals surface area contributed by atoms with Crippen LogP contribution < -0.4 is 5.56 Å². The average Bonchev–Trinajstić information content (AvgIpc) is 2.55. The van der Waals surface area contributed by atoms with Crippen LogP contribution >= 0.6 is 11.8 Å². The van der Waals surface area contributed by atoms with Gasteiger partial charge in [0.15, 0.2) is 5.16 Å². The number of fused-ring (bicyclic) bond motifs is 1. The maximum Gasteiger partial charge on any atom is 0.272 e. The van der Waals surface area contributed by atoms with Gasteiger partial charge in [-0.15, -0.1) is 0 Å². The number of hydrogen-bond acceptors (Lipinski definition) is 5. The molecule has 3 rings (SSSR count). The SMILES string of the molecule is CSc1nc2c(c(=O)n1S(=O)(=O)c1ccccc1)CCCC2. The highest BCUT2D eigenvalue weighted by atomic mass is 32.2. The molecule has 0 atom stereocenters. The van der Waals surface area contributed by atoms with Crippen LogP contribution in [-0.2, 0) is 22.9 Å². The van der Waals surface area contributed by atoms with Crippen molar-refractivity contribution in [2.45, 2.75) is 35.7 Å². The summed E-state index contributed by atoms with van der Waals surface area (Å²) in [6.07, 6.45) is 4.95. The van der Waals surface area contributed by atoms with Crippen LogP contribution in [-0.4, -0.2) is 23.6 Å². The number of benzene rings is 1. The summed E-state index contributed by atoms with van der Waals surface area (Å²) in [6.45, 7) is 0. The van der Waals surface area contributed by atoms with Gasteiger partial charge in [-0.3, -0.25) is 4.79 Å². The smallest absolute Gasteiger partial charge is 0.268 e. The van der Waals surface area contributed by atoms with Crippen molar-refractivity contribution in [1.82, 2.24) is 8.96 Å². The Kier molecular flexibility index (Phi) is 4.10. The topological polar surface area (TPSA) is 69.0 Å². The second kappa shape index (κ2) is 5.89. The molecule has 0 bridgehead atoms. The number of aryl methyl sites for hydroxylation is 1. The first-order valence-electron chi connectivity index (χ1n) is 7.05. The third kappa shape index (κ3) is 2.48. The van der Waals surface area contributed by atoms with E-state index in [4.69, 9.17) is 0 Å². The highest BCUT2D eigenvalue weighted by molar-refractivity contribution is 7.99. The van der Waals surface area contributed by atoms with Gasteiger partial charge in [-0.1, -0.05) is 30.0 Å². The largest absolute Gasteiger partial charge is 0.272 e. The van der Waals surface area contributed by atoms with E-state index in [9.17, 15) is 13.2 Å². The summed E-state index contributed by atoms with van der Waals surface area (Å²) < 4.78 is 26.5. The third-order valence-corrected chi connectivity index (χ3v) is 6.19. The minimum Gasteiger partial charge on any atom is -0.268 e. The molecule has 2 aromatic rings. The fourth-order valence-corrected chi connectivity index (χ4v) is 4.91. The molecule has 22 heavy (non-hydrogen) atoms. The molecule has 0 aliphatic heterocycles. The van der Waals surface area contributed by atoms with Gasteiger partial charge in [0.25, 0.3) is 15.6 Å². The van der Waals surface area contributed by atoms with E-state index < -0.39 is 15.6 Å². The van der Waals surface area contributed by atoms with E-state index in [1.54, 1.807) is 24.5 Å². The summed E-state index contributed by atoms with van der Waals surface area (Å²) in [6, 6.07) is 8.00. The first-order chi connectivity index (χ1) is 10.6. The Balaban J connectivity index is 2.29. The van der Waals surface area contributed by atoms with Gasteiger partial charge in [0.2, 0.25) is 0 Å². The number of hydrogen-bond donors (Lipinski definition) is 0. The van der Waals surface area contributed by atoms with Crippen molar-refractivity contribution in [3.63, 3.8) is 0 Å². The van der Waals surface area contributed by atoms with Gasteiger partial charge in [-0.05, 0) is 44.1 Å². The van der Waals surface area contributed by atoms with Gasteiger partial charge in [-0.2, -0.15) is 3.97 Å². The first-order valence-corrected chi connectivity index (χ1v) is 9.71. The number of aromatic nitrogens is 2. The summed E-state index contributed by atoms with van der Waals surface area (Å²) in [7, 11) is -3.93. The van der Waals surface area contributed by atoms with Crippen LogP contribution in [0.15, 0.2) is 45.2 Å². The van der Waals surface area contributed by atoms with Crippen LogP contribution in [0.5, 0.6) is 0 Å². The van der Waals surface area contributed by atoms with Gasteiger partial charge < -0.3 is 0 Å². The normalized spacial score (nSPS) is 14.6. The molecule has 7 heteroatoms. The van der Waals surface area contributed by atoms with Crippen molar-refractivity contribution in [1.29, 1.82) is 0 Å². The summed E-state index contributed by atoms with van der Waals surface area (Å²) in [4.78, 5) is 17.3. The number of thioether (sulfide) groups is 1. The Morgan fingerprint density at radius 3 is 2.50 bits per heavy atom. The van der Waals surface area contributed by atoms with E-state index in [0.29, 0.717) is 12.0 Å². The van der Waals surface area contributed by atoms with Gasteiger partial charge in [0, 0.05) is 5.56 Å². The lowest BCUT2D eigenvalue weighted by atomic mass is 9.97. The monoisotopic (exact) mass is 336 g/mol. The van der Waals surface area contributed by atoms with Crippen LogP contribution in [0.3, 0.4) is 0 Å². The van der Waals surface area contributed by atoms with Crippen LogP contribution in [0, 0.1) is 0 Å². The Bertz CT molecular complexity index is 858. The maximum atomic E-state index is 12.8. The molecule has 1 aromatic carbocycles. The van der Waals surface area contributed by atoms with Crippen LogP contribution in [0.2, 0.25) is 0 Å². The highest BCUT2D eigenvalue weighted by Crippen LogP contribution is 2.23.